The summed E-state index contributed by atoms with van der Waals surface area (Å²) in [5.41, 5.74) is 1.52. The van der Waals surface area contributed by atoms with Crippen molar-refractivity contribution in [1.82, 2.24) is 10.2 Å². The summed E-state index contributed by atoms with van der Waals surface area (Å²) in [5.74, 6) is -0.869. The molecule has 4 nitrogen and oxygen atoms in total. The Morgan fingerprint density at radius 2 is 1.83 bits per heavy atom. The third-order valence-electron chi connectivity index (χ3n) is 3.24. The van der Waals surface area contributed by atoms with Gasteiger partial charge in [0, 0.05) is 31.7 Å². The number of nitrogens with one attached hydrogen (secondary N) is 1. The van der Waals surface area contributed by atoms with E-state index in [1.54, 1.807) is 12.1 Å². The summed E-state index contributed by atoms with van der Waals surface area (Å²) in [5, 5.41) is 12.3. The maximum absolute atomic E-state index is 10.8. The second-order valence-corrected chi connectivity index (χ2v) is 5.16. The monoisotopic (exact) mass is 248 g/mol. The minimum Gasteiger partial charge on any atom is -0.478 e. The number of hydrogen-bond acceptors (Lipinski definition) is 3. The van der Waals surface area contributed by atoms with Crippen LogP contribution < -0.4 is 5.32 Å². The zero-order valence-electron chi connectivity index (χ0n) is 10.9. The normalized spacial score (nSPS) is 25.0. The number of benzene rings is 1. The van der Waals surface area contributed by atoms with Gasteiger partial charge in [-0.05, 0) is 31.5 Å². The van der Waals surface area contributed by atoms with Crippen LogP contribution in [0.1, 0.15) is 29.8 Å². The molecule has 0 aromatic heterocycles. The average molecular weight is 248 g/mol. The van der Waals surface area contributed by atoms with Crippen LogP contribution in [0.25, 0.3) is 0 Å². The Kier molecular flexibility index (Phi) is 3.99. The van der Waals surface area contributed by atoms with Crippen LogP contribution in [0.2, 0.25) is 0 Å². The number of carboxylic acids is 1. The van der Waals surface area contributed by atoms with Gasteiger partial charge in [0.25, 0.3) is 0 Å². The molecule has 1 aromatic rings. The molecular weight excluding hydrogens is 228 g/mol. The first-order chi connectivity index (χ1) is 8.54. The maximum Gasteiger partial charge on any atom is 0.335 e. The van der Waals surface area contributed by atoms with Crippen LogP contribution in [0, 0.1) is 0 Å². The van der Waals surface area contributed by atoms with E-state index in [9.17, 15) is 4.79 Å². The molecule has 0 unspecified atom stereocenters. The highest BCUT2D eigenvalue weighted by Crippen LogP contribution is 2.11. The molecule has 18 heavy (non-hydrogen) atoms. The molecule has 2 atom stereocenters. The zero-order valence-corrected chi connectivity index (χ0v) is 10.9. The summed E-state index contributed by atoms with van der Waals surface area (Å²) >= 11 is 0. The van der Waals surface area contributed by atoms with Crippen molar-refractivity contribution in [3.8, 4) is 0 Å². The quantitative estimate of drug-likeness (QED) is 0.852. The third kappa shape index (κ3) is 3.31. The average Bonchev–Trinajstić information content (AvgIpc) is 2.28. The summed E-state index contributed by atoms with van der Waals surface area (Å²) in [4.78, 5) is 13.2. The Balaban J connectivity index is 1.98. The fourth-order valence-electron chi connectivity index (χ4n) is 2.58. The van der Waals surface area contributed by atoms with Crippen molar-refractivity contribution in [3.05, 3.63) is 35.4 Å². The van der Waals surface area contributed by atoms with E-state index in [0.29, 0.717) is 17.6 Å². The van der Waals surface area contributed by atoms with E-state index < -0.39 is 5.97 Å². The number of rotatable bonds is 3. The number of nitrogens with zero attached hydrogens (tertiary/aromatic N) is 1. The van der Waals surface area contributed by atoms with Crippen LogP contribution in [0.15, 0.2) is 24.3 Å². The number of carbonyl (C=O) groups is 1. The molecule has 0 saturated carbocycles. The number of piperazine rings is 1. The molecule has 1 aliphatic heterocycles. The highest BCUT2D eigenvalue weighted by molar-refractivity contribution is 5.87. The van der Waals surface area contributed by atoms with Gasteiger partial charge in [0.15, 0.2) is 0 Å². The molecule has 4 heteroatoms. The number of hydrogen-bond donors (Lipinski definition) is 2. The van der Waals surface area contributed by atoms with E-state index in [-0.39, 0.29) is 0 Å². The first kappa shape index (κ1) is 13.1. The van der Waals surface area contributed by atoms with Gasteiger partial charge < -0.3 is 10.4 Å². The third-order valence-corrected chi connectivity index (χ3v) is 3.24. The molecule has 1 heterocycles. The van der Waals surface area contributed by atoms with Crippen LogP contribution in [0.3, 0.4) is 0 Å². The van der Waals surface area contributed by atoms with E-state index in [4.69, 9.17) is 5.11 Å². The van der Waals surface area contributed by atoms with Gasteiger partial charge in [0.05, 0.1) is 5.56 Å². The number of aromatic carboxylic acids is 1. The Morgan fingerprint density at radius 3 is 2.33 bits per heavy atom. The summed E-state index contributed by atoms with van der Waals surface area (Å²) in [6.07, 6.45) is 0. The lowest BCUT2D eigenvalue weighted by Crippen LogP contribution is -2.53. The summed E-state index contributed by atoms with van der Waals surface area (Å²) < 4.78 is 0. The Bertz CT molecular complexity index is 406. The van der Waals surface area contributed by atoms with Crippen molar-refractivity contribution < 1.29 is 9.90 Å². The molecule has 2 N–H and O–H groups in total. The lowest BCUT2D eigenvalue weighted by molar-refractivity contribution is 0.0697. The second kappa shape index (κ2) is 5.50. The van der Waals surface area contributed by atoms with E-state index in [2.05, 4.69) is 24.1 Å². The van der Waals surface area contributed by atoms with E-state index in [1.165, 1.54) is 5.56 Å². The van der Waals surface area contributed by atoms with Crippen molar-refractivity contribution >= 4 is 5.97 Å². The smallest absolute Gasteiger partial charge is 0.335 e. The van der Waals surface area contributed by atoms with Crippen molar-refractivity contribution in [2.75, 3.05) is 13.1 Å². The van der Waals surface area contributed by atoms with Crippen LogP contribution in [-0.2, 0) is 6.54 Å². The van der Waals surface area contributed by atoms with E-state index in [1.807, 2.05) is 12.1 Å². The van der Waals surface area contributed by atoms with Crippen LogP contribution in [0.4, 0.5) is 0 Å². The molecule has 98 valence electrons. The van der Waals surface area contributed by atoms with Gasteiger partial charge in [0.2, 0.25) is 0 Å². The molecule has 1 saturated heterocycles. The highest BCUT2D eigenvalue weighted by atomic mass is 16.4. The van der Waals surface area contributed by atoms with Gasteiger partial charge in [-0.15, -0.1) is 0 Å². The summed E-state index contributed by atoms with van der Waals surface area (Å²) in [6.45, 7) is 7.33. The van der Waals surface area contributed by atoms with Gasteiger partial charge in [-0.2, -0.15) is 0 Å². The zero-order chi connectivity index (χ0) is 13.1. The van der Waals surface area contributed by atoms with Crippen LogP contribution >= 0.6 is 0 Å². The largest absolute Gasteiger partial charge is 0.478 e. The topological polar surface area (TPSA) is 52.6 Å². The molecule has 0 radical (unpaired) electrons. The molecule has 0 bridgehead atoms. The van der Waals surface area contributed by atoms with Crippen LogP contribution in [-0.4, -0.2) is 41.1 Å². The molecule has 0 aliphatic carbocycles. The maximum atomic E-state index is 10.8. The summed E-state index contributed by atoms with van der Waals surface area (Å²) in [6, 6.07) is 8.17. The second-order valence-electron chi connectivity index (χ2n) is 5.16. The molecule has 0 amide bonds. The first-order valence-electron chi connectivity index (χ1n) is 6.35. The van der Waals surface area contributed by atoms with Crippen LogP contribution in [0.5, 0.6) is 0 Å². The Labute approximate surface area is 108 Å². The van der Waals surface area contributed by atoms with Gasteiger partial charge in [-0.3, -0.25) is 4.90 Å². The van der Waals surface area contributed by atoms with Gasteiger partial charge in [-0.25, -0.2) is 4.79 Å². The Hall–Kier alpha value is -1.39. The first-order valence-corrected chi connectivity index (χ1v) is 6.35. The van der Waals surface area contributed by atoms with E-state index in [0.717, 1.165) is 19.6 Å². The van der Waals surface area contributed by atoms with Crippen molar-refractivity contribution in [2.24, 2.45) is 0 Å². The van der Waals surface area contributed by atoms with Crippen molar-refractivity contribution in [1.29, 1.82) is 0 Å². The molecule has 0 spiro atoms. The minimum atomic E-state index is -0.869. The molecular formula is C14H20N2O2. The van der Waals surface area contributed by atoms with Crippen molar-refractivity contribution in [3.63, 3.8) is 0 Å². The van der Waals surface area contributed by atoms with E-state index >= 15 is 0 Å². The molecule has 1 aromatic carbocycles. The standard InChI is InChI=1S/C14H20N2O2/c1-10-7-16(8-11(2)15-10)9-12-3-5-13(6-4-12)14(17)18/h3-6,10-11,15H,7-9H2,1-2H3,(H,17,18)/t10-,11+. The molecule has 1 fully saturated rings. The fraction of sp³-hybridized carbons (Fsp3) is 0.500. The van der Waals surface area contributed by atoms with Gasteiger partial charge in [-0.1, -0.05) is 12.1 Å². The minimum absolute atomic E-state index is 0.348. The highest BCUT2D eigenvalue weighted by Gasteiger charge is 2.20. The lowest BCUT2D eigenvalue weighted by atomic mass is 10.1. The lowest BCUT2D eigenvalue weighted by Gasteiger charge is -2.36. The Morgan fingerprint density at radius 1 is 1.28 bits per heavy atom. The fourth-order valence-corrected chi connectivity index (χ4v) is 2.58. The summed E-state index contributed by atoms with van der Waals surface area (Å²) in [7, 11) is 0. The molecule has 1 aliphatic rings. The van der Waals surface area contributed by atoms with Gasteiger partial charge >= 0.3 is 5.97 Å². The van der Waals surface area contributed by atoms with Crippen molar-refractivity contribution in [2.45, 2.75) is 32.5 Å². The predicted octanol–water partition coefficient (Wildman–Crippen LogP) is 1.57. The number of carboxylic acid groups (broad SMARTS) is 1. The van der Waals surface area contributed by atoms with Gasteiger partial charge in [0.1, 0.15) is 0 Å². The predicted molar refractivity (Wildman–Crippen MR) is 70.7 cm³/mol. The SMILES string of the molecule is C[C@@H]1CN(Cc2ccc(C(=O)O)cc2)C[C@H](C)N1. The molecule has 2 rings (SSSR count).